The van der Waals surface area contributed by atoms with Crippen LogP contribution in [0.3, 0.4) is 0 Å². The summed E-state index contributed by atoms with van der Waals surface area (Å²) in [6.45, 7) is 0. The van der Waals surface area contributed by atoms with Crippen molar-refractivity contribution in [1.29, 1.82) is 5.26 Å². The van der Waals surface area contributed by atoms with E-state index in [1.54, 1.807) is 30.3 Å². The first-order valence-electron chi connectivity index (χ1n) is 5.77. The van der Waals surface area contributed by atoms with E-state index in [4.69, 9.17) is 11.0 Å². The summed E-state index contributed by atoms with van der Waals surface area (Å²) < 4.78 is 22.7. The number of hydrogen-bond donors (Lipinski definition) is 2. The average molecular weight is 287 g/mol. The Balaban J connectivity index is 2.25. The zero-order valence-corrected chi connectivity index (χ0v) is 11.6. The predicted octanol–water partition coefficient (Wildman–Crippen LogP) is 2.29. The van der Waals surface area contributed by atoms with Gasteiger partial charge in [0.1, 0.15) is 0 Å². The quantitative estimate of drug-likeness (QED) is 0.844. The zero-order chi connectivity index (χ0) is 14.8. The first-order valence-corrected chi connectivity index (χ1v) is 7.66. The zero-order valence-electron chi connectivity index (χ0n) is 10.8. The molecule has 102 valence electrons. The molecule has 0 aliphatic rings. The van der Waals surface area contributed by atoms with Gasteiger partial charge in [0.15, 0.2) is 9.84 Å². The van der Waals surface area contributed by atoms with Crippen LogP contribution in [0.4, 0.5) is 17.1 Å². The molecule has 6 heteroatoms. The van der Waals surface area contributed by atoms with Crippen molar-refractivity contribution in [1.82, 2.24) is 0 Å². The van der Waals surface area contributed by atoms with E-state index in [1.165, 1.54) is 12.1 Å². The van der Waals surface area contributed by atoms with Crippen molar-refractivity contribution in [3.63, 3.8) is 0 Å². The van der Waals surface area contributed by atoms with E-state index >= 15 is 0 Å². The number of sulfone groups is 1. The largest absolute Gasteiger partial charge is 0.397 e. The van der Waals surface area contributed by atoms with E-state index in [2.05, 4.69) is 5.32 Å². The second-order valence-corrected chi connectivity index (χ2v) is 6.35. The molecule has 0 unspecified atom stereocenters. The fourth-order valence-corrected chi connectivity index (χ4v) is 2.32. The molecule has 2 rings (SSSR count). The molecule has 0 spiro atoms. The van der Waals surface area contributed by atoms with E-state index < -0.39 is 9.84 Å². The Morgan fingerprint density at radius 1 is 1.15 bits per heavy atom. The van der Waals surface area contributed by atoms with Crippen LogP contribution in [0.2, 0.25) is 0 Å². The monoisotopic (exact) mass is 287 g/mol. The van der Waals surface area contributed by atoms with E-state index in [-0.39, 0.29) is 4.90 Å². The van der Waals surface area contributed by atoms with Gasteiger partial charge in [0.05, 0.1) is 27.9 Å². The summed E-state index contributed by atoms with van der Waals surface area (Å²) in [6, 6.07) is 13.3. The van der Waals surface area contributed by atoms with E-state index in [0.717, 1.165) is 6.26 Å². The summed E-state index contributed by atoms with van der Waals surface area (Å²) in [7, 11) is -3.20. The van der Waals surface area contributed by atoms with Crippen LogP contribution < -0.4 is 11.1 Å². The maximum atomic E-state index is 11.4. The fraction of sp³-hybridized carbons (Fsp3) is 0.0714. The number of nitriles is 1. The number of rotatable bonds is 3. The Bertz CT molecular complexity index is 775. The van der Waals surface area contributed by atoms with Crippen LogP contribution in [-0.2, 0) is 9.84 Å². The van der Waals surface area contributed by atoms with Gasteiger partial charge in [-0.05, 0) is 42.5 Å². The van der Waals surface area contributed by atoms with Crippen molar-refractivity contribution in [3.8, 4) is 6.07 Å². The van der Waals surface area contributed by atoms with Crippen molar-refractivity contribution in [2.24, 2.45) is 0 Å². The van der Waals surface area contributed by atoms with Gasteiger partial charge in [-0.2, -0.15) is 5.26 Å². The van der Waals surface area contributed by atoms with E-state index in [9.17, 15) is 8.42 Å². The second-order valence-electron chi connectivity index (χ2n) is 4.34. The molecule has 0 amide bonds. The maximum Gasteiger partial charge on any atom is 0.175 e. The molecule has 0 saturated heterocycles. The van der Waals surface area contributed by atoms with Crippen molar-refractivity contribution < 1.29 is 8.42 Å². The molecule has 0 radical (unpaired) electrons. The molecule has 0 aliphatic carbocycles. The van der Waals surface area contributed by atoms with Gasteiger partial charge in [-0.3, -0.25) is 0 Å². The summed E-state index contributed by atoms with van der Waals surface area (Å²) in [5.41, 5.74) is 8.16. The second kappa shape index (κ2) is 5.23. The minimum Gasteiger partial charge on any atom is -0.397 e. The molecule has 0 bridgehead atoms. The topological polar surface area (TPSA) is 96.0 Å². The van der Waals surface area contributed by atoms with Crippen LogP contribution in [-0.4, -0.2) is 14.7 Å². The van der Waals surface area contributed by atoms with Gasteiger partial charge < -0.3 is 11.1 Å². The minimum absolute atomic E-state index is 0.260. The fourth-order valence-electron chi connectivity index (χ4n) is 1.69. The standard InChI is InChI=1S/C14H13N3O2S/c1-20(18,19)12-5-3-11(4-6-12)17-14-7-2-10(9-15)8-13(14)16/h2-8,17H,16H2,1H3. The van der Waals surface area contributed by atoms with Gasteiger partial charge in [0, 0.05) is 11.9 Å². The lowest BCUT2D eigenvalue weighted by molar-refractivity contribution is 0.602. The van der Waals surface area contributed by atoms with Crippen LogP contribution in [0.5, 0.6) is 0 Å². The highest BCUT2D eigenvalue weighted by molar-refractivity contribution is 7.90. The van der Waals surface area contributed by atoms with Crippen molar-refractivity contribution >= 4 is 26.9 Å². The summed E-state index contributed by atoms with van der Waals surface area (Å²) in [4.78, 5) is 0.260. The van der Waals surface area contributed by atoms with Gasteiger partial charge in [-0.1, -0.05) is 0 Å². The number of nitrogens with two attached hydrogens (primary N) is 1. The van der Waals surface area contributed by atoms with E-state index in [1.807, 2.05) is 6.07 Å². The van der Waals surface area contributed by atoms with E-state index in [0.29, 0.717) is 22.6 Å². The highest BCUT2D eigenvalue weighted by atomic mass is 32.2. The smallest absolute Gasteiger partial charge is 0.175 e. The third kappa shape index (κ3) is 3.08. The lowest BCUT2D eigenvalue weighted by Gasteiger charge is -2.10. The van der Waals surface area contributed by atoms with Crippen molar-refractivity contribution in [2.75, 3.05) is 17.3 Å². The molecule has 5 nitrogen and oxygen atoms in total. The van der Waals surface area contributed by atoms with Gasteiger partial charge >= 0.3 is 0 Å². The summed E-state index contributed by atoms with van der Waals surface area (Å²) in [5.74, 6) is 0. The third-order valence-corrected chi connectivity index (χ3v) is 3.87. The van der Waals surface area contributed by atoms with Crippen LogP contribution in [0.25, 0.3) is 0 Å². The Hall–Kier alpha value is -2.52. The SMILES string of the molecule is CS(=O)(=O)c1ccc(Nc2ccc(C#N)cc2N)cc1. The molecular weight excluding hydrogens is 274 g/mol. The number of nitrogen functional groups attached to an aromatic ring is 1. The number of hydrogen-bond acceptors (Lipinski definition) is 5. The summed E-state index contributed by atoms with van der Waals surface area (Å²) >= 11 is 0. The highest BCUT2D eigenvalue weighted by Crippen LogP contribution is 2.24. The van der Waals surface area contributed by atoms with Crippen LogP contribution >= 0.6 is 0 Å². The van der Waals surface area contributed by atoms with Crippen LogP contribution in [0, 0.1) is 11.3 Å². The first-order chi connectivity index (χ1) is 9.40. The lowest BCUT2D eigenvalue weighted by atomic mass is 10.2. The molecule has 3 N–H and O–H groups in total. The summed E-state index contributed by atoms with van der Waals surface area (Å²) in [5, 5.41) is 11.8. The molecule has 0 aliphatic heterocycles. The summed E-state index contributed by atoms with van der Waals surface area (Å²) in [6.07, 6.45) is 1.16. The predicted molar refractivity (Wildman–Crippen MR) is 78.4 cm³/mol. The van der Waals surface area contributed by atoms with Crippen LogP contribution in [0.15, 0.2) is 47.4 Å². The normalized spacial score (nSPS) is 10.8. The average Bonchev–Trinajstić information content (AvgIpc) is 2.40. The lowest BCUT2D eigenvalue weighted by Crippen LogP contribution is -1.99. The van der Waals surface area contributed by atoms with Crippen LogP contribution in [0.1, 0.15) is 5.56 Å². The van der Waals surface area contributed by atoms with Gasteiger partial charge in [0.25, 0.3) is 0 Å². The maximum absolute atomic E-state index is 11.4. The van der Waals surface area contributed by atoms with Crippen molar-refractivity contribution in [2.45, 2.75) is 4.90 Å². The number of benzene rings is 2. The number of anilines is 3. The molecule has 0 fully saturated rings. The van der Waals surface area contributed by atoms with Gasteiger partial charge in [0.2, 0.25) is 0 Å². The molecular formula is C14H13N3O2S. The Morgan fingerprint density at radius 3 is 2.30 bits per heavy atom. The van der Waals surface area contributed by atoms with Gasteiger partial charge in [-0.15, -0.1) is 0 Å². The Kier molecular flexibility index (Phi) is 3.63. The molecule has 0 atom stereocenters. The van der Waals surface area contributed by atoms with Crippen molar-refractivity contribution in [3.05, 3.63) is 48.0 Å². The first kappa shape index (κ1) is 13.9. The number of nitrogens with zero attached hydrogens (tertiary/aromatic N) is 1. The Labute approximate surface area is 117 Å². The van der Waals surface area contributed by atoms with Gasteiger partial charge in [-0.25, -0.2) is 8.42 Å². The molecule has 0 saturated carbocycles. The number of nitrogens with one attached hydrogen (secondary N) is 1. The molecule has 0 aromatic heterocycles. The third-order valence-electron chi connectivity index (χ3n) is 2.74. The molecule has 2 aromatic carbocycles. The molecule has 20 heavy (non-hydrogen) atoms. The molecule has 0 heterocycles. The highest BCUT2D eigenvalue weighted by Gasteiger charge is 2.07. The molecule has 2 aromatic rings. The minimum atomic E-state index is -3.20. The Morgan fingerprint density at radius 2 is 1.80 bits per heavy atom.